The molecule has 0 aromatic heterocycles. The van der Waals surface area contributed by atoms with Crippen molar-refractivity contribution < 1.29 is 9.13 Å². The molecule has 0 spiro atoms. The van der Waals surface area contributed by atoms with Crippen LogP contribution in [0.3, 0.4) is 0 Å². The maximum Gasteiger partial charge on any atom is 0.128 e. The Balaban J connectivity index is 2.91. The minimum atomic E-state index is -0.206. The van der Waals surface area contributed by atoms with Crippen LogP contribution in [0.15, 0.2) is 18.2 Å². The van der Waals surface area contributed by atoms with Crippen molar-refractivity contribution in [1.82, 2.24) is 5.32 Å². The molecule has 4 heteroatoms. The van der Waals surface area contributed by atoms with Crippen molar-refractivity contribution >= 4 is 11.6 Å². The Bertz CT molecular complexity index is 386. The lowest BCUT2D eigenvalue weighted by Gasteiger charge is -2.26. The molecule has 0 saturated heterocycles. The first-order chi connectivity index (χ1) is 9.10. The summed E-state index contributed by atoms with van der Waals surface area (Å²) in [6.45, 7) is 5.73. The first-order valence-electron chi connectivity index (χ1n) is 6.77. The largest absolute Gasteiger partial charge is 0.385 e. The Morgan fingerprint density at radius 3 is 2.79 bits per heavy atom. The molecule has 0 bridgehead atoms. The summed E-state index contributed by atoms with van der Waals surface area (Å²) in [4.78, 5) is 0. The van der Waals surface area contributed by atoms with E-state index in [1.54, 1.807) is 19.2 Å². The van der Waals surface area contributed by atoms with Crippen molar-refractivity contribution in [2.45, 2.75) is 32.7 Å². The van der Waals surface area contributed by atoms with E-state index in [1.165, 1.54) is 6.07 Å². The summed E-state index contributed by atoms with van der Waals surface area (Å²) in [5, 5.41) is 3.98. The molecule has 2 unspecified atom stereocenters. The maximum atomic E-state index is 14.0. The zero-order valence-corrected chi connectivity index (χ0v) is 12.6. The second kappa shape index (κ2) is 8.51. The zero-order chi connectivity index (χ0) is 14.3. The van der Waals surface area contributed by atoms with Crippen molar-refractivity contribution in [3.05, 3.63) is 34.6 Å². The van der Waals surface area contributed by atoms with Crippen LogP contribution in [-0.2, 0) is 4.74 Å². The molecular formula is C15H23ClFNO. The van der Waals surface area contributed by atoms with Gasteiger partial charge in [0.2, 0.25) is 0 Å². The van der Waals surface area contributed by atoms with Crippen molar-refractivity contribution in [1.29, 1.82) is 0 Å². The van der Waals surface area contributed by atoms with E-state index in [0.29, 0.717) is 17.2 Å². The number of hydrogen-bond acceptors (Lipinski definition) is 2. The fraction of sp³-hybridized carbons (Fsp3) is 0.600. The standard InChI is InChI=1S/C15H23ClFNO/c1-4-8-18-15(11(2)7-9-19-3)13-10-12(16)5-6-14(13)17/h5-6,10-11,15,18H,4,7-9H2,1-3H3. The van der Waals surface area contributed by atoms with Gasteiger partial charge in [0.1, 0.15) is 5.82 Å². The van der Waals surface area contributed by atoms with Gasteiger partial charge in [-0.1, -0.05) is 25.4 Å². The van der Waals surface area contributed by atoms with Gasteiger partial charge in [0.15, 0.2) is 0 Å². The van der Waals surface area contributed by atoms with Crippen LogP contribution in [0.5, 0.6) is 0 Å². The van der Waals surface area contributed by atoms with E-state index in [0.717, 1.165) is 19.4 Å². The van der Waals surface area contributed by atoms with Gasteiger partial charge in [-0.3, -0.25) is 0 Å². The van der Waals surface area contributed by atoms with Crippen LogP contribution in [0, 0.1) is 11.7 Å². The molecule has 1 aromatic carbocycles. The number of hydrogen-bond donors (Lipinski definition) is 1. The summed E-state index contributed by atoms with van der Waals surface area (Å²) >= 11 is 5.98. The van der Waals surface area contributed by atoms with E-state index >= 15 is 0 Å². The van der Waals surface area contributed by atoms with Gasteiger partial charge >= 0.3 is 0 Å². The maximum absolute atomic E-state index is 14.0. The van der Waals surface area contributed by atoms with Gasteiger partial charge in [0, 0.05) is 30.3 Å². The lowest BCUT2D eigenvalue weighted by Crippen LogP contribution is -2.29. The monoisotopic (exact) mass is 287 g/mol. The highest BCUT2D eigenvalue weighted by Crippen LogP contribution is 2.28. The molecule has 0 heterocycles. The van der Waals surface area contributed by atoms with E-state index in [-0.39, 0.29) is 17.8 Å². The molecule has 1 rings (SSSR count). The Hall–Kier alpha value is -0.640. The molecule has 0 saturated carbocycles. The molecule has 2 nitrogen and oxygen atoms in total. The zero-order valence-electron chi connectivity index (χ0n) is 11.9. The first kappa shape index (κ1) is 16.4. The van der Waals surface area contributed by atoms with E-state index in [1.807, 2.05) is 0 Å². The van der Waals surface area contributed by atoms with E-state index in [2.05, 4.69) is 19.2 Å². The summed E-state index contributed by atoms with van der Waals surface area (Å²) in [7, 11) is 1.68. The molecule has 0 aliphatic carbocycles. The summed E-state index contributed by atoms with van der Waals surface area (Å²) in [6.07, 6.45) is 1.89. The van der Waals surface area contributed by atoms with Crippen molar-refractivity contribution in [2.24, 2.45) is 5.92 Å². The average Bonchev–Trinajstić information content (AvgIpc) is 2.40. The molecule has 108 valence electrons. The Labute approximate surface area is 120 Å². The third kappa shape index (κ3) is 5.09. The summed E-state index contributed by atoms with van der Waals surface area (Å²) in [6, 6.07) is 4.69. The molecule has 1 N–H and O–H groups in total. The van der Waals surface area contributed by atoms with Gasteiger partial charge < -0.3 is 10.1 Å². The summed E-state index contributed by atoms with van der Waals surface area (Å²) < 4.78 is 19.1. The minimum absolute atomic E-state index is 0.0335. The van der Waals surface area contributed by atoms with Gasteiger partial charge in [0.25, 0.3) is 0 Å². The van der Waals surface area contributed by atoms with Gasteiger partial charge in [-0.25, -0.2) is 4.39 Å². The van der Waals surface area contributed by atoms with Crippen molar-refractivity contribution in [2.75, 3.05) is 20.3 Å². The smallest absolute Gasteiger partial charge is 0.128 e. The summed E-state index contributed by atoms with van der Waals surface area (Å²) in [5.41, 5.74) is 0.643. The van der Waals surface area contributed by atoms with Crippen LogP contribution in [0.1, 0.15) is 38.3 Å². The second-order valence-electron chi connectivity index (χ2n) is 4.86. The molecule has 0 aliphatic rings. The van der Waals surface area contributed by atoms with Gasteiger partial charge in [-0.2, -0.15) is 0 Å². The van der Waals surface area contributed by atoms with Gasteiger partial charge in [-0.15, -0.1) is 0 Å². The number of methoxy groups -OCH3 is 1. The molecule has 0 radical (unpaired) electrons. The molecule has 0 aliphatic heterocycles. The quantitative estimate of drug-likeness (QED) is 0.774. The third-order valence-electron chi connectivity index (χ3n) is 3.25. The fourth-order valence-corrected chi connectivity index (χ4v) is 2.32. The lowest BCUT2D eigenvalue weighted by molar-refractivity contribution is 0.169. The average molecular weight is 288 g/mol. The van der Waals surface area contributed by atoms with Crippen molar-refractivity contribution in [3.63, 3.8) is 0 Å². The van der Waals surface area contributed by atoms with Crippen LogP contribution in [0.2, 0.25) is 5.02 Å². The van der Waals surface area contributed by atoms with Crippen LogP contribution in [0.25, 0.3) is 0 Å². The van der Waals surface area contributed by atoms with E-state index < -0.39 is 0 Å². The SMILES string of the molecule is CCCNC(c1cc(Cl)ccc1F)C(C)CCOC. The Morgan fingerprint density at radius 1 is 1.42 bits per heavy atom. The fourth-order valence-electron chi connectivity index (χ4n) is 2.14. The highest BCUT2D eigenvalue weighted by atomic mass is 35.5. The molecule has 1 aromatic rings. The van der Waals surface area contributed by atoms with Crippen molar-refractivity contribution in [3.8, 4) is 0 Å². The van der Waals surface area contributed by atoms with E-state index in [9.17, 15) is 4.39 Å². The van der Waals surface area contributed by atoms with E-state index in [4.69, 9.17) is 16.3 Å². The van der Waals surface area contributed by atoms with Crippen LogP contribution < -0.4 is 5.32 Å². The minimum Gasteiger partial charge on any atom is -0.385 e. The normalized spacial score (nSPS) is 14.4. The Kier molecular flexibility index (Phi) is 7.36. The first-order valence-corrected chi connectivity index (χ1v) is 7.15. The van der Waals surface area contributed by atoms with Gasteiger partial charge in [-0.05, 0) is 43.5 Å². The molecular weight excluding hydrogens is 265 g/mol. The number of ether oxygens (including phenoxy) is 1. The molecule has 0 amide bonds. The Morgan fingerprint density at radius 2 is 2.16 bits per heavy atom. The third-order valence-corrected chi connectivity index (χ3v) is 3.49. The van der Waals surface area contributed by atoms with Crippen LogP contribution >= 0.6 is 11.6 Å². The molecule has 2 atom stereocenters. The predicted octanol–water partition coefficient (Wildman–Crippen LogP) is 4.19. The predicted molar refractivity (Wildman–Crippen MR) is 78.1 cm³/mol. The number of benzene rings is 1. The van der Waals surface area contributed by atoms with Crippen LogP contribution in [-0.4, -0.2) is 20.3 Å². The van der Waals surface area contributed by atoms with Crippen LogP contribution in [0.4, 0.5) is 4.39 Å². The number of nitrogens with one attached hydrogen (secondary N) is 1. The lowest BCUT2D eigenvalue weighted by atomic mass is 9.91. The molecule has 0 fully saturated rings. The topological polar surface area (TPSA) is 21.3 Å². The van der Waals surface area contributed by atoms with Gasteiger partial charge in [0.05, 0.1) is 0 Å². The summed E-state index contributed by atoms with van der Waals surface area (Å²) in [5.74, 6) is 0.0711. The highest BCUT2D eigenvalue weighted by Gasteiger charge is 2.21. The number of halogens is 2. The highest BCUT2D eigenvalue weighted by molar-refractivity contribution is 6.30. The molecule has 19 heavy (non-hydrogen) atoms. The second-order valence-corrected chi connectivity index (χ2v) is 5.29. The number of rotatable bonds is 8.